The van der Waals surface area contributed by atoms with Crippen molar-refractivity contribution in [2.45, 2.75) is 0 Å². The van der Waals surface area contributed by atoms with Gasteiger partial charge in [-0.15, -0.1) is 0 Å². The van der Waals surface area contributed by atoms with Crippen LogP contribution in [-0.2, 0) is 0 Å². The van der Waals surface area contributed by atoms with E-state index in [1.807, 2.05) is 25.2 Å². The molecule has 94 valence electrons. The molecule has 2 rings (SSSR count). The number of aromatic hydroxyl groups is 1. The monoisotopic (exact) mass is 243 g/mol. The van der Waals surface area contributed by atoms with Crippen molar-refractivity contribution in [3.05, 3.63) is 54.6 Å². The number of anilines is 1. The van der Waals surface area contributed by atoms with Crippen molar-refractivity contribution in [1.82, 2.24) is 0 Å². The van der Waals surface area contributed by atoms with Crippen LogP contribution in [0.4, 0.5) is 5.69 Å². The molecule has 0 heterocycles. The van der Waals surface area contributed by atoms with Gasteiger partial charge < -0.3 is 14.7 Å². The van der Waals surface area contributed by atoms with E-state index in [0.29, 0.717) is 6.61 Å². The van der Waals surface area contributed by atoms with Crippen LogP contribution < -0.4 is 9.64 Å². The molecule has 0 radical (unpaired) electrons. The first-order valence-corrected chi connectivity index (χ1v) is 5.94. The summed E-state index contributed by atoms with van der Waals surface area (Å²) in [6, 6.07) is 17.0. The molecule has 0 bridgehead atoms. The van der Waals surface area contributed by atoms with Crippen LogP contribution in [0.1, 0.15) is 0 Å². The first-order valence-electron chi connectivity index (χ1n) is 5.94. The molecular formula is C15H17NO2. The predicted octanol–water partition coefficient (Wildman–Crippen LogP) is 2.91. The number of likely N-dealkylation sites (N-methyl/N-ethyl adjacent to an activating group) is 1. The van der Waals surface area contributed by atoms with Gasteiger partial charge in [0, 0.05) is 12.7 Å². The van der Waals surface area contributed by atoms with E-state index in [2.05, 4.69) is 17.0 Å². The number of benzene rings is 2. The second kappa shape index (κ2) is 5.96. The molecule has 18 heavy (non-hydrogen) atoms. The zero-order chi connectivity index (χ0) is 12.8. The van der Waals surface area contributed by atoms with E-state index in [1.165, 1.54) is 5.69 Å². The molecule has 0 aliphatic rings. The van der Waals surface area contributed by atoms with E-state index < -0.39 is 0 Å². The number of ether oxygens (including phenoxy) is 1. The third-order valence-electron chi connectivity index (χ3n) is 2.73. The maximum atomic E-state index is 9.16. The average Bonchev–Trinajstić information content (AvgIpc) is 2.42. The normalized spacial score (nSPS) is 10.1. The van der Waals surface area contributed by atoms with Crippen LogP contribution in [0.3, 0.4) is 0 Å². The van der Waals surface area contributed by atoms with E-state index in [0.717, 1.165) is 12.3 Å². The Labute approximate surface area is 107 Å². The molecule has 0 spiro atoms. The van der Waals surface area contributed by atoms with Crippen molar-refractivity contribution < 1.29 is 9.84 Å². The molecule has 0 aliphatic carbocycles. The highest BCUT2D eigenvalue weighted by molar-refractivity contribution is 5.44. The van der Waals surface area contributed by atoms with Gasteiger partial charge in [-0.2, -0.15) is 0 Å². The van der Waals surface area contributed by atoms with Crippen LogP contribution in [0.15, 0.2) is 54.6 Å². The Bertz CT molecular complexity index is 468. The quantitative estimate of drug-likeness (QED) is 0.876. The van der Waals surface area contributed by atoms with E-state index in [1.54, 1.807) is 24.3 Å². The van der Waals surface area contributed by atoms with Gasteiger partial charge in [-0.3, -0.25) is 0 Å². The van der Waals surface area contributed by atoms with Crippen molar-refractivity contribution in [3.63, 3.8) is 0 Å². The third-order valence-corrected chi connectivity index (χ3v) is 2.73. The van der Waals surface area contributed by atoms with Gasteiger partial charge in [0.2, 0.25) is 0 Å². The minimum atomic E-state index is 0.253. The number of nitrogens with zero attached hydrogens (tertiary/aromatic N) is 1. The molecule has 0 aromatic heterocycles. The van der Waals surface area contributed by atoms with Crippen LogP contribution in [0, 0.1) is 0 Å². The number of hydrogen-bond acceptors (Lipinski definition) is 3. The molecule has 0 fully saturated rings. The van der Waals surface area contributed by atoms with E-state index in [9.17, 15) is 0 Å². The Kier molecular flexibility index (Phi) is 4.07. The number of hydrogen-bond donors (Lipinski definition) is 1. The molecule has 1 N–H and O–H groups in total. The Morgan fingerprint density at radius 3 is 2.33 bits per heavy atom. The number of phenols is 1. The van der Waals surface area contributed by atoms with Crippen molar-refractivity contribution >= 4 is 5.69 Å². The van der Waals surface area contributed by atoms with E-state index >= 15 is 0 Å². The van der Waals surface area contributed by atoms with Crippen molar-refractivity contribution in [1.29, 1.82) is 0 Å². The predicted molar refractivity (Wildman–Crippen MR) is 73.3 cm³/mol. The Balaban J connectivity index is 1.80. The Hall–Kier alpha value is -2.16. The molecule has 3 nitrogen and oxygen atoms in total. The zero-order valence-corrected chi connectivity index (χ0v) is 10.4. The lowest BCUT2D eigenvalue weighted by Gasteiger charge is -2.19. The lowest BCUT2D eigenvalue weighted by atomic mass is 10.3. The second-order valence-corrected chi connectivity index (χ2v) is 4.10. The summed E-state index contributed by atoms with van der Waals surface area (Å²) in [5.41, 5.74) is 1.17. The van der Waals surface area contributed by atoms with Gasteiger partial charge in [0.05, 0.1) is 6.54 Å². The topological polar surface area (TPSA) is 32.7 Å². The van der Waals surface area contributed by atoms with Gasteiger partial charge in [-0.1, -0.05) is 18.2 Å². The standard InChI is InChI=1S/C15H17NO2/c1-16(13-5-3-2-4-6-13)11-12-18-15-9-7-14(17)8-10-15/h2-10,17H,11-12H2,1H3. The average molecular weight is 243 g/mol. The first kappa shape index (κ1) is 12.3. The van der Waals surface area contributed by atoms with E-state index in [-0.39, 0.29) is 5.75 Å². The second-order valence-electron chi connectivity index (χ2n) is 4.10. The fourth-order valence-electron chi connectivity index (χ4n) is 1.65. The minimum absolute atomic E-state index is 0.253. The van der Waals surface area contributed by atoms with Crippen LogP contribution in [0.2, 0.25) is 0 Å². The summed E-state index contributed by atoms with van der Waals surface area (Å²) in [6.45, 7) is 1.42. The van der Waals surface area contributed by atoms with Crippen molar-refractivity contribution in [2.75, 3.05) is 25.1 Å². The summed E-state index contributed by atoms with van der Waals surface area (Å²) in [4.78, 5) is 2.14. The first-order chi connectivity index (χ1) is 8.75. The van der Waals surface area contributed by atoms with Crippen LogP contribution in [-0.4, -0.2) is 25.3 Å². The molecule has 3 heteroatoms. The molecule has 0 amide bonds. The van der Waals surface area contributed by atoms with Crippen LogP contribution >= 0.6 is 0 Å². The maximum Gasteiger partial charge on any atom is 0.119 e. The highest BCUT2D eigenvalue weighted by atomic mass is 16.5. The number of phenolic OH excluding ortho intramolecular Hbond substituents is 1. The summed E-state index contributed by atoms with van der Waals surface area (Å²) in [7, 11) is 2.04. The van der Waals surface area contributed by atoms with Crippen LogP contribution in [0.25, 0.3) is 0 Å². The Morgan fingerprint density at radius 2 is 1.67 bits per heavy atom. The summed E-state index contributed by atoms with van der Waals surface area (Å²) < 4.78 is 5.60. The highest BCUT2D eigenvalue weighted by Gasteiger charge is 2.00. The minimum Gasteiger partial charge on any atom is -0.508 e. The molecule has 2 aromatic carbocycles. The van der Waals surface area contributed by atoms with Gasteiger partial charge >= 0.3 is 0 Å². The smallest absolute Gasteiger partial charge is 0.119 e. The largest absolute Gasteiger partial charge is 0.508 e. The molecule has 0 saturated carbocycles. The summed E-state index contributed by atoms with van der Waals surface area (Å²) in [5.74, 6) is 1.03. The number of rotatable bonds is 5. The van der Waals surface area contributed by atoms with E-state index in [4.69, 9.17) is 9.84 Å². The van der Waals surface area contributed by atoms with Crippen molar-refractivity contribution in [2.24, 2.45) is 0 Å². The summed E-state index contributed by atoms with van der Waals surface area (Å²) in [5, 5.41) is 9.16. The highest BCUT2D eigenvalue weighted by Crippen LogP contribution is 2.16. The van der Waals surface area contributed by atoms with Crippen molar-refractivity contribution in [3.8, 4) is 11.5 Å². The van der Waals surface area contributed by atoms with Gasteiger partial charge in [0.15, 0.2) is 0 Å². The molecule has 2 aromatic rings. The molecule has 0 atom stereocenters. The molecule has 0 aliphatic heterocycles. The van der Waals surface area contributed by atoms with Gasteiger partial charge in [-0.25, -0.2) is 0 Å². The lowest BCUT2D eigenvalue weighted by Crippen LogP contribution is -2.23. The lowest BCUT2D eigenvalue weighted by molar-refractivity contribution is 0.325. The van der Waals surface area contributed by atoms with Gasteiger partial charge in [0.1, 0.15) is 18.1 Å². The Morgan fingerprint density at radius 1 is 1.00 bits per heavy atom. The SMILES string of the molecule is CN(CCOc1ccc(O)cc1)c1ccccc1. The molecule has 0 saturated heterocycles. The van der Waals surface area contributed by atoms with Gasteiger partial charge in [-0.05, 0) is 36.4 Å². The summed E-state index contributed by atoms with van der Waals surface area (Å²) >= 11 is 0. The van der Waals surface area contributed by atoms with Crippen LogP contribution in [0.5, 0.6) is 11.5 Å². The maximum absolute atomic E-state index is 9.16. The molecular weight excluding hydrogens is 226 g/mol. The number of para-hydroxylation sites is 1. The fourth-order valence-corrected chi connectivity index (χ4v) is 1.65. The van der Waals surface area contributed by atoms with Gasteiger partial charge in [0.25, 0.3) is 0 Å². The summed E-state index contributed by atoms with van der Waals surface area (Å²) in [6.07, 6.45) is 0. The zero-order valence-electron chi connectivity index (χ0n) is 10.4. The third kappa shape index (κ3) is 3.42. The molecule has 0 unspecified atom stereocenters. The fraction of sp³-hybridized carbons (Fsp3) is 0.200.